The average molecular weight is 734 g/mol. The number of nitrogens with one attached hydrogen (secondary N) is 1. The summed E-state index contributed by atoms with van der Waals surface area (Å²) in [5.41, 5.74) is 3.26. The number of hydrogen-bond donors (Lipinski definition) is 1. The van der Waals surface area contributed by atoms with Gasteiger partial charge >= 0.3 is 6.09 Å². The zero-order chi connectivity index (χ0) is 37.1. The molecule has 1 unspecified atom stereocenters. The molecule has 0 bridgehead atoms. The number of piperidine rings is 1. The third-order valence-electron chi connectivity index (χ3n) is 11.9. The summed E-state index contributed by atoms with van der Waals surface area (Å²) in [4.78, 5) is 27.8. The lowest BCUT2D eigenvalue weighted by Gasteiger charge is -2.42. The first-order chi connectivity index (χ1) is 24.5. The molecule has 284 valence electrons. The molecule has 6 heterocycles. The lowest BCUT2D eigenvalue weighted by molar-refractivity contribution is -0.0368. The van der Waals surface area contributed by atoms with Crippen LogP contribution in [0.1, 0.15) is 98.8 Å². The topological polar surface area (TPSA) is 116 Å². The van der Waals surface area contributed by atoms with Crippen molar-refractivity contribution < 1.29 is 23.4 Å². The van der Waals surface area contributed by atoms with Crippen LogP contribution in [0.25, 0.3) is 11.2 Å². The monoisotopic (exact) mass is 733 g/mol. The number of amides is 1. The summed E-state index contributed by atoms with van der Waals surface area (Å²) in [5.74, 6) is 2.62. The van der Waals surface area contributed by atoms with Crippen LogP contribution in [-0.4, -0.2) is 84.8 Å². The van der Waals surface area contributed by atoms with E-state index in [-0.39, 0.29) is 28.8 Å². The van der Waals surface area contributed by atoms with E-state index in [2.05, 4.69) is 67.2 Å². The molecule has 1 aromatic carbocycles. The molecule has 3 fully saturated rings. The van der Waals surface area contributed by atoms with Crippen LogP contribution in [0.3, 0.4) is 0 Å². The number of rotatable bonds is 6. The number of benzene rings is 1. The molecule has 12 nitrogen and oxygen atoms in total. The SMILES string of the molecule is C[C@@H]1OCC2(CCN(c3cnc4c(N5CCCc6cc(O[Si](C)(C)C(C)(C)C)ccc65)nn(C5CCCCO5)c4n3)CC2)[C@@H]1NC(=O)OC(C)(C)C. The van der Waals surface area contributed by atoms with Crippen molar-refractivity contribution in [3.8, 4) is 5.75 Å². The van der Waals surface area contributed by atoms with Crippen LogP contribution in [0.2, 0.25) is 18.1 Å². The average Bonchev–Trinajstić information content (AvgIpc) is 3.60. The second-order valence-electron chi connectivity index (χ2n) is 17.9. The van der Waals surface area contributed by atoms with Gasteiger partial charge in [0.2, 0.25) is 8.32 Å². The lowest BCUT2D eigenvalue weighted by atomic mass is 9.73. The fourth-order valence-electron chi connectivity index (χ4n) is 7.96. The predicted octanol–water partition coefficient (Wildman–Crippen LogP) is 7.89. The number of aromatic nitrogens is 4. The largest absolute Gasteiger partial charge is 0.543 e. The highest BCUT2D eigenvalue weighted by molar-refractivity contribution is 6.74. The quantitative estimate of drug-likeness (QED) is 0.251. The third-order valence-corrected chi connectivity index (χ3v) is 16.3. The van der Waals surface area contributed by atoms with Gasteiger partial charge in [0.15, 0.2) is 23.2 Å². The molecular formula is C39H59N7O5Si. The zero-order valence-corrected chi connectivity index (χ0v) is 33.8. The molecule has 1 spiro atoms. The molecule has 7 rings (SSSR count). The van der Waals surface area contributed by atoms with Gasteiger partial charge in [0.25, 0.3) is 0 Å². The number of aryl methyl sites for hydroxylation is 1. The number of alkyl carbamates (subject to hydrolysis) is 1. The number of fused-ring (bicyclic) bond motifs is 2. The molecule has 4 aliphatic rings. The van der Waals surface area contributed by atoms with Crippen LogP contribution < -0.4 is 19.5 Å². The fraction of sp³-hybridized carbons (Fsp3) is 0.692. The van der Waals surface area contributed by atoms with Crippen molar-refractivity contribution in [1.82, 2.24) is 25.1 Å². The summed E-state index contributed by atoms with van der Waals surface area (Å²) < 4.78 is 26.7. The highest BCUT2D eigenvalue weighted by Crippen LogP contribution is 2.45. The number of carbonyl (C=O) groups excluding carboxylic acids is 1. The Labute approximate surface area is 310 Å². The molecule has 3 atom stereocenters. The summed E-state index contributed by atoms with van der Waals surface area (Å²) in [7, 11) is -1.97. The minimum absolute atomic E-state index is 0.0882. The first kappa shape index (κ1) is 36.9. The third kappa shape index (κ3) is 7.24. The van der Waals surface area contributed by atoms with Crippen LogP contribution in [0.15, 0.2) is 24.4 Å². The van der Waals surface area contributed by atoms with Crippen molar-refractivity contribution in [2.75, 3.05) is 42.6 Å². The second kappa shape index (κ2) is 13.8. The molecule has 4 aliphatic heterocycles. The van der Waals surface area contributed by atoms with Crippen LogP contribution in [0.5, 0.6) is 5.75 Å². The van der Waals surface area contributed by atoms with Gasteiger partial charge in [-0.3, -0.25) is 0 Å². The smallest absolute Gasteiger partial charge is 0.407 e. The van der Waals surface area contributed by atoms with Gasteiger partial charge in [-0.15, -0.1) is 5.10 Å². The van der Waals surface area contributed by atoms with E-state index < -0.39 is 20.0 Å². The van der Waals surface area contributed by atoms with Crippen LogP contribution >= 0.6 is 0 Å². The first-order valence-corrected chi connectivity index (χ1v) is 22.3. The summed E-state index contributed by atoms with van der Waals surface area (Å²) in [6, 6.07) is 6.44. The number of carbonyl (C=O) groups is 1. The Balaban J connectivity index is 1.15. The molecule has 0 radical (unpaired) electrons. The van der Waals surface area contributed by atoms with Gasteiger partial charge in [0, 0.05) is 37.3 Å². The molecule has 2 aromatic heterocycles. The molecule has 13 heteroatoms. The zero-order valence-electron chi connectivity index (χ0n) is 32.8. The molecule has 3 saturated heterocycles. The Kier molecular flexibility index (Phi) is 9.78. The number of anilines is 3. The molecule has 1 N–H and O–H groups in total. The second-order valence-corrected chi connectivity index (χ2v) is 22.6. The van der Waals surface area contributed by atoms with Crippen molar-refractivity contribution in [3.05, 3.63) is 30.0 Å². The van der Waals surface area contributed by atoms with Crippen molar-refractivity contribution in [3.63, 3.8) is 0 Å². The highest BCUT2D eigenvalue weighted by Gasteiger charge is 2.51. The highest BCUT2D eigenvalue weighted by atomic mass is 28.4. The Morgan fingerprint density at radius 2 is 1.81 bits per heavy atom. The van der Waals surface area contributed by atoms with Crippen molar-refractivity contribution in [1.29, 1.82) is 0 Å². The standard InChI is InChI=1S/C39H59N7O5Si/c1-26-33(42-36(47)50-37(2,3)4)39(25-49-26)17-20-44(21-18-39)30-24-40-32-34(41-30)46(31-14-10-11-22-48-31)43-35(32)45-19-12-13-27-23-28(15-16-29(27)45)51-52(8,9)38(5,6)7/h15-16,23-24,26,31,33H,10-14,17-22,25H2,1-9H3,(H,42,47)/t26-,31?,33+/m0/s1. The summed E-state index contributed by atoms with van der Waals surface area (Å²) in [5, 5.41) is 8.53. The van der Waals surface area contributed by atoms with Crippen LogP contribution in [0, 0.1) is 5.41 Å². The molecule has 0 aliphatic carbocycles. The number of nitrogens with zero attached hydrogens (tertiary/aromatic N) is 6. The first-order valence-electron chi connectivity index (χ1n) is 19.4. The van der Waals surface area contributed by atoms with E-state index >= 15 is 0 Å². The van der Waals surface area contributed by atoms with E-state index in [4.69, 9.17) is 33.7 Å². The minimum Gasteiger partial charge on any atom is -0.543 e. The number of hydrogen-bond acceptors (Lipinski definition) is 10. The molecule has 0 saturated carbocycles. The van der Waals surface area contributed by atoms with E-state index in [1.165, 1.54) is 5.56 Å². The van der Waals surface area contributed by atoms with Crippen molar-refractivity contribution in [2.45, 2.75) is 136 Å². The van der Waals surface area contributed by atoms with Crippen molar-refractivity contribution >= 4 is 42.9 Å². The maximum atomic E-state index is 12.8. The maximum absolute atomic E-state index is 12.8. The van der Waals surface area contributed by atoms with E-state index in [0.29, 0.717) is 13.2 Å². The van der Waals surface area contributed by atoms with Gasteiger partial charge in [0.1, 0.15) is 17.2 Å². The van der Waals surface area contributed by atoms with E-state index in [1.54, 1.807) is 0 Å². The van der Waals surface area contributed by atoms with Crippen LogP contribution in [0.4, 0.5) is 22.1 Å². The summed E-state index contributed by atoms with van der Waals surface area (Å²) in [6.45, 7) is 22.9. The van der Waals surface area contributed by atoms with Gasteiger partial charge in [-0.05, 0) is 115 Å². The Bertz CT molecular complexity index is 1770. The maximum Gasteiger partial charge on any atom is 0.407 e. The summed E-state index contributed by atoms with van der Waals surface area (Å²) in [6.07, 6.45) is 8.01. The Hall–Kier alpha value is -3.42. The van der Waals surface area contributed by atoms with Gasteiger partial charge in [0.05, 0.1) is 24.9 Å². The molecule has 3 aromatic rings. The minimum atomic E-state index is -1.97. The predicted molar refractivity (Wildman–Crippen MR) is 206 cm³/mol. The molecule has 1 amide bonds. The van der Waals surface area contributed by atoms with Crippen LogP contribution in [-0.2, 0) is 20.6 Å². The van der Waals surface area contributed by atoms with Gasteiger partial charge in [-0.25, -0.2) is 19.4 Å². The Morgan fingerprint density at radius 1 is 1.04 bits per heavy atom. The van der Waals surface area contributed by atoms with Gasteiger partial charge in [-0.2, -0.15) is 0 Å². The van der Waals surface area contributed by atoms with Crippen molar-refractivity contribution in [2.24, 2.45) is 5.41 Å². The fourth-order valence-corrected chi connectivity index (χ4v) is 8.99. The normalized spacial score (nSPS) is 23.9. The number of ether oxygens (including phenoxy) is 3. The van der Waals surface area contributed by atoms with Gasteiger partial charge in [-0.1, -0.05) is 20.8 Å². The van der Waals surface area contributed by atoms with E-state index in [0.717, 1.165) is 98.8 Å². The van der Waals surface area contributed by atoms with E-state index in [1.807, 2.05) is 38.6 Å². The molecular weight excluding hydrogens is 675 g/mol. The Morgan fingerprint density at radius 3 is 2.50 bits per heavy atom. The lowest BCUT2D eigenvalue weighted by Crippen LogP contribution is -2.55. The van der Waals surface area contributed by atoms with Gasteiger partial charge < -0.3 is 33.8 Å². The summed E-state index contributed by atoms with van der Waals surface area (Å²) >= 11 is 0. The van der Waals surface area contributed by atoms with E-state index in [9.17, 15) is 4.79 Å². The molecule has 52 heavy (non-hydrogen) atoms.